The van der Waals surface area contributed by atoms with Gasteiger partial charge in [0, 0.05) is 5.69 Å². The van der Waals surface area contributed by atoms with Crippen LogP contribution in [0.1, 0.15) is 19.8 Å². The van der Waals surface area contributed by atoms with Gasteiger partial charge in [-0.05, 0) is 43.9 Å². The van der Waals surface area contributed by atoms with Gasteiger partial charge < -0.3 is 15.5 Å². The van der Waals surface area contributed by atoms with Gasteiger partial charge in [0.25, 0.3) is 0 Å². The van der Waals surface area contributed by atoms with E-state index in [2.05, 4.69) is 10.3 Å². The molecule has 100 valence electrons. The number of carbonyl (C=O) groups excluding carboxylic acids is 1. The van der Waals surface area contributed by atoms with Crippen LogP contribution in [-0.2, 0) is 4.79 Å². The maximum Gasteiger partial charge on any atom is 0.417 e. The molecule has 19 heavy (non-hydrogen) atoms. The van der Waals surface area contributed by atoms with E-state index in [0.29, 0.717) is 16.8 Å². The number of aromatic amines is 1. The second kappa shape index (κ2) is 3.96. The standard InChI is InChI=1S/C13H15N3O3/c1-13(14,7-2-3-7)11(17)15-8-4-5-10-9(6-8)16-12(18)19-10/h4-7H,2-3,14H2,1H3,(H,15,17)(H,16,18). The molecule has 1 aliphatic carbocycles. The Morgan fingerprint density at radius 1 is 1.53 bits per heavy atom. The third kappa shape index (κ3) is 2.15. The van der Waals surface area contributed by atoms with Gasteiger partial charge in [-0.1, -0.05) is 0 Å². The van der Waals surface area contributed by atoms with Crippen molar-refractivity contribution in [2.24, 2.45) is 11.7 Å². The van der Waals surface area contributed by atoms with Crippen LogP contribution < -0.4 is 16.8 Å². The number of benzene rings is 1. The molecule has 1 aromatic heterocycles. The van der Waals surface area contributed by atoms with E-state index in [0.717, 1.165) is 12.8 Å². The first-order valence-corrected chi connectivity index (χ1v) is 6.20. The molecule has 0 radical (unpaired) electrons. The highest BCUT2D eigenvalue weighted by Gasteiger charge is 2.44. The topological polar surface area (TPSA) is 101 Å². The molecule has 1 aliphatic rings. The summed E-state index contributed by atoms with van der Waals surface area (Å²) in [6, 6.07) is 4.97. The van der Waals surface area contributed by atoms with E-state index in [1.54, 1.807) is 25.1 Å². The zero-order valence-electron chi connectivity index (χ0n) is 10.5. The van der Waals surface area contributed by atoms with Crippen LogP contribution in [0.25, 0.3) is 11.1 Å². The van der Waals surface area contributed by atoms with E-state index >= 15 is 0 Å². The number of anilines is 1. The molecule has 1 unspecified atom stereocenters. The van der Waals surface area contributed by atoms with Crippen molar-refractivity contribution < 1.29 is 9.21 Å². The SMILES string of the molecule is CC(N)(C(=O)Nc1ccc2oc(=O)[nH]c2c1)C1CC1. The molecular weight excluding hydrogens is 246 g/mol. The Morgan fingerprint density at radius 2 is 2.26 bits per heavy atom. The molecule has 0 saturated heterocycles. The maximum absolute atomic E-state index is 12.1. The molecule has 0 spiro atoms. The molecule has 0 aliphatic heterocycles. The van der Waals surface area contributed by atoms with Gasteiger partial charge in [-0.25, -0.2) is 4.79 Å². The average molecular weight is 261 g/mol. The summed E-state index contributed by atoms with van der Waals surface area (Å²) in [5, 5.41) is 2.78. The fraction of sp³-hybridized carbons (Fsp3) is 0.385. The number of oxazole rings is 1. The Bertz CT molecular complexity index is 694. The van der Waals surface area contributed by atoms with Crippen LogP contribution in [-0.4, -0.2) is 16.4 Å². The van der Waals surface area contributed by atoms with Gasteiger partial charge in [0.1, 0.15) is 0 Å². The van der Waals surface area contributed by atoms with E-state index in [9.17, 15) is 9.59 Å². The minimum atomic E-state index is -0.848. The van der Waals surface area contributed by atoms with Gasteiger partial charge in [-0.2, -0.15) is 0 Å². The lowest BCUT2D eigenvalue weighted by molar-refractivity contribution is -0.121. The summed E-state index contributed by atoms with van der Waals surface area (Å²) in [4.78, 5) is 25.7. The van der Waals surface area contributed by atoms with Gasteiger partial charge in [0.2, 0.25) is 5.91 Å². The van der Waals surface area contributed by atoms with Crippen LogP contribution >= 0.6 is 0 Å². The van der Waals surface area contributed by atoms with E-state index in [4.69, 9.17) is 10.2 Å². The van der Waals surface area contributed by atoms with Crippen molar-refractivity contribution in [1.82, 2.24) is 4.98 Å². The molecule has 1 amide bonds. The largest absolute Gasteiger partial charge is 0.417 e. The molecule has 1 fully saturated rings. The van der Waals surface area contributed by atoms with E-state index < -0.39 is 11.3 Å². The van der Waals surface area contributed by atoms with Gasteiger partial charge in [-0.3, -0.25) is 9.78 Å². The van der Waals surface area contributed by atoms with Crippen LogP contribution in [0.4, 0.5) is 5.69 Å². The second-order valence-corrected chi connectivity index (χ2v) is 5.24. The summed E-state index contributed by atoms with van der Waals surface area (Å²) in [6.07, 6.45) is 1.99. The third-order valence-corrected chi connectivity index (χ3v) is 3.59. The molecule has 1 aromatic carbocycles. The number of fused-ring (bicyclic) bond motifs is 1. The maximum atomic E-state index is 12.1. The summed E-state index contributed by atoms with van der Waals surface area (Å²) in [7, 11) is 0. The Morgan fingerprint density at radius 3 is 2.95 bits per heavy atom. The minimum absolute atomic E-state index is 0.208. The average Bonchev–Trinajstić information content (AvgIpc) is 3.12. The van der Waals surface area contributed by atoms with Crippen molar-refractivity contribution in [3.8, 4) is 0 Å². The molecule has 1 atom stereocenters. The lowest BCUT2D eigenvalue weighted by atomic mass is 9.96. The van der Waals surface area contributed by atoms with Gasteiger partial charge in [-0.15, -0.1) is 0 Å². The molecule has 6 nitrogen and oxygen atoms in total. The van der Waals surface area contributed by atoms with Crippen LogP contribution in [0.15, 0.2) is 27.4 Å². The molecule has 1 heterocycles. The Hall–Kier alpha value is -2.08. The predicted molar refractivity (Wildman–Crippen MR) is 70.8 cm³/mol. The van der Waals surface area contributed by atoms with Crippen molar-refractivity contribution >= 4 is 22.7 Å². The summed E-state index contributed by atoms with van der Waals surface area (Å²) in [5.41, 5.74) is 6.79. The van der Waals surface area contributed by atoms with Gasteiger partial charge >= 0.3 is 5.76 Å². The quantitative estimate of drug-likeness (QED) is 0.772. The van der Waals surface area contributed by atoms with Crippen LogP contribution in [0.5, 0.6) is 0 Å². The molecule has 1 saturated carbocycles. The van der Waals surface area contributed by atoms with Crippen molar-refractivity contribution in [2.75, 3.05) is 5.32 Å². The van der Waals surface area contributed by atoms with Crippen LogP contribution in [0.3, 0.4) is 0 Å². The fourth-order valence-corrected chi connectivity index (χ4v) is 2.16. The number of aromatic nitrogens is 1. The van der Waals surface area contributed by atoms with Crippen molar-refractivity contribution in [3.63, 3.8) is 0 Å². The van der Waals surface area contributed by atoms with E-state index in [1.165, 1.54) is 0 Å². The van der Waals surface area contributed by atoms with Crippen LogP contribution in [0, 0.1) is 5.92 Å². The highest BCUT2D eigenvalue weighted by atomic mass is 16.4. The number of nitrogens with one attached hydrogen (secondary N) is 2. The second-order valence-electron chi connectivity index (χ2n) is 5.24. The summed E-state index contributed by atoms with van der Waals surface area (Å²) in [6.45, 7) is 1.75. The normalized spacial score (nSPS) is 18.2. The number of rotatable bonds is 3. The molecule has 4 N–H and O–H groups in total. The zero-order valence-corrected chi connectivity index (χ0v) is 10.5. The first-order chi connectivity index (χ1) is 8.96. The van der Waals surface area contributed by atoms with Crippen molar-refractivity contribution in [3.05, 3.63) is 28.7 Å². The van der Waals surface area contributed by atoms with Gasteiger partial charge in [0.05, 0.1) is 11.1 Å². The summed E-state index contributed by atoms with van der Waals surface area (Å²) in [5.74, 6) is -0.467. The molecular formula is C13H15N3O3. The lowest BCUT2D eigenvalue weighted by Gasteiger charge is -2.23. The predicted octanol–water partition coefficient (Wildman–Crippen LogP) is 1.19. The lowest BCUT2D eigenvalue weighted by Crippen LogP contribution is -2.50. The van der Waals surface area contributed by atoms with Crippen molar-refractivity contribution in [1.29, 1.82) is 0 Å². The number of nitrogens with two attached hydrogens (primary N) is 1. The minimum Gasteiger partial charge on any atom is -0.408 e. The fourth-order valence-electron chi connectivity index (χ4n) is 2.16. The van der Waals surface area contributed by atoms with Crippen molar-refractivity contribution in [2.45, 2.75) is 25.3 Å². The van der Waals surface area contributed by atoms with E-state index in [-0.39, 0.29) is 11.8 Å². The smallest absolute Gasteiger partial charge is 0.408 e. The molecule has 0 bridgehead atoms. The highest BCUT2D eigenvalue weighted by molar-refractivity contribution is 5.99. The highest BCUT2D eigenvalue weighted by Crippen LogP contribution is 2.38. The summed E-state index contributed by atoms with van der Waals surface area (Å²) >= 11 is 0. The Labute approximate surface area is 109 Å². The number of carbonyl (C=O) groups is 1. The molecule has 3 rings (SSSR count). The summed E-state index contributed by atoms with van der Waals surface area (Å²) < 4.78 is 4.89. The number of H-pyrrole nitrogens is 1. The molecule has 2 aromatic rings. The van der Waals surface area contributed by atoms with E-state index in [1.807, 2.05) is 0 Å². The molecule has 6 heteroatoms. The number of hydrogen-bond acceptors (Lipinski definition) is 4. The zero-order chi connectivity index (χ0) is 13.6. The Kier molecular flexibility index (Phi) is 2.50. The first kappa shape index (κ1) is 12.0. The van der Waals surface area contributed by atoms with Crippen LogP contribution in [0.2, 0.25) is 0 Å². The Balaban J connectivity index is 1.84. The monoisotopic (exact) mass is 261 g/mol. The van der Waals surface area contributed by atoms with Gasteiger partial charge in [0.15, 0.2) is 5.58 Å². The first-order valence-electron chi connectivity index (χ1n) is 6.20. The number of amides is 1. The third-order valence-electron chi connectivity index (χ3n) is 3.59. The number of hydrogen-bond donors (Lipinski definition) is 3.